The van der Waals surface area contributed by atoms with Gasteiger partial charge in [-0.15, -0.1) is 0 Å². The number of amides is 1. The van der Waals surface area contributed by atoms with Crippen LogP contribution in [-0.2, 0) is 4.79 Å². The lowest BCUT2D eigenvalue weighted by molar-refractivity contribution is -0.121. The third-order valence-electron chi connectivity index (χ3n) is 5.21. The molecule has 1 saturated heterocycles. The zero-order valence-electron chi connectivity index (χ0n) is 16.4. The van der Waals surface area contributed by atoms with Crippen LogP contribution in [0.2, 0.25) is 0 Å². The first kappa shape index (κ1) is 22.4. The Hall–Kier alpha value is -0.650. The second-order valence-corrected chi connectivity index (χ2v) is 7.53. The van der Waals surface area contributed by atoms with Gasteiger partial charge < -0.3 is 5.21 Å². The van der Waals surface area contributed by atoms with Crippen LogP contribution in [0.1, 0.15) is 116 Å². The summed E-state index contributed by atoms with van der Waals surface area (Å²) in [6.45, 7) is 2.27. The van der Waals surface area contributed by atoms with Crippen LogP contribution in [0.3, 0.4) is 0 Å². The average molecular weight is 355 g/mol. The SMILES string of the molecule is CCCCCCCCCCCCCCCCCCC1C(=O)NNN1[O-]. The fourth-order valence-corrected chi connectivity index (χ4v) is 3.51. The van der Waals surface area contributed by atoms with Crippen LogP contribution in [0.15, 0.2) is 0 Å². The normalized spacial score (nSPS) is 18.0. The summed E-state index contributed by atoms with van der Waals surface area (Å²) in [7, 11) is 0. The lowest BCUT2D eigenvalue weighted by Gasteiger charge is -2.25. The van der Waals surface area contributed by atoms with Crippen molar-refractivity contribution >= 4 is 5.91 Å². The number of rotatable bonds is 17. The van der Waals surface area contributed by atoms with Gasteiger partial charge in [0, 0.05) is 0 Å². The molecular weight excluding hydrogens is 314 g/mol. The van der Waals surface area contributed by atoms with Crippen LogP contribution < -0.4 is 11.0 Å². The first-order valence-corrected chi connectivity index (χ1v) is 10.8. The van der Waals surface area contributed by atoms with Crippen LogP contribution in [0.25, 0.3) is 0 Å². The van der Waals surface area contributed by atoms with Gasteiger partial charge in [-0.25, -0.2) is 0 Å². The number of carbonyl (C=O) groups excluding carboxylic acids is 1. The summed E-state index contributed by atoms with van der Waals surface area (Å²) in [5.41, 5.74) is 4.65. The molecule has 1 amide bonds. The lowest BCUT2D eigenvalue weighted by atomic mass is 10.0. The van der Waals surface area contributed by atoms with Crippen LogP contribution in [0, 0.1) is 5.21 Å². The zero-order chi connectivity index (χ0) is 18.2. The van der Waals surface area contributed by atoms with Crippen LogP contribution in [0.5, 0.6) is 0 Å². The first-order chi connectivity index (χ1) is 12.3. The van der Waals surface area contributed by atoms with Crippen molar-refractivity contribution in [3.05, 3.63) is 5.21 Å². The number of unbranched alkanes of at least 4 members (excludes halogenated alkanes) is 15. The zero-order valence-corrected chi connectivity index (χ0v) is 16.4. The minimum absolute atomic E-state index is 0.198. The quantitative estimate of drug-likeness (QED) is 0.345. The van der Waals surface area contributed by atoms with Crippen molar-refractivity contribution in [2.24, 2.45) is 0 Å². The molecule has 1 unspecified atom stereocenters. The van der Waals surface area contributed by atoms with Gasteiger partial charge in [0.2, 0.25) is 0 Å². The summed E-state index contributed by atoms with van der Waals surface area (Å²) in [5, 5.41) is 11.9. The predicted molar refractivity (Wildman–Crippen MR) is 104 cm³/mol. The summed E-state index contributed by atoms with van der Waals surface area (Å²) in [4.78, 5) is 11.4. The van der Waals surface area contributed by atoms with E-state index in [1.54, 1.807) is 0 Å². The molecule has 1 atom stereocenters. The third-order valence-corrected chi connectivity index (χ3v) is 5.21. The van der Waals surface area contributed by atoms with Crippen molar-refractivity contribution in [3.63, 3.8) is 0 Å². The van der Waals surface area contributed by atoms with E-state index in [0.29, 0.717) is 11.6 Å². The van der Waals surface area contributed by atoms with Crippen molar-refractivity contribution in [1.29, 1.82) is 0 Å². The highest BCUT2D eigenvalue weighted by Crippen LogP contribution is 2.15. The summed E-state index contributed by atoms with van der Waals surface area (Å²) < 4.78 is 0. The Kier molecular flexibility index (Phi) is 14.0. The van der Waals surface area contributed by atoms with E-state index in [1.807, 2.05) is 0 Å². The molecule has 1 rings (SSSR count). The van der Waals surface area contributed by atoms with Gasteiger partial charge in [0.1, 0.15) is 0 Å². The molecule has 0 aliphatic carbocycles. The molecule has 5 nitrogen and oxygen atoms in total. The maximum atomic E-state index is 11.4. The Labute approximate surface area is 154 Å². The second-order valence-electron chi connectivity index (χ2n) is 7.53. The number of nitrogens with one attached hydrogen (secondary N) is 2. The molecule has 0 aromatic rings. The molecule has 0 spiro atoms. The minimum Gasteiger partial charge on any atom is -0.770 e. The highest BCUT2D eigenvalue weighted by molar-refractivity contribution is 5.82. The molecule has 0 saturated carbocycles. The number of hydrazine groups is 2. The molecule has 1 aliphatic heterocycles. The summed E-state index contributed by atoms with van der Waals surface area (Å²) in [5.74, 6) is -0.198. The van der Waals surface area contributed by atoms with E-state index in [2.05, 4.69) is 17.9 Å². The molecule has 1 fully saturated rings. The topological polar surface area (TPSA) is 67.4 Å². The van der Waals surface area contributed by atoms with Gasteiger partial charge in [-0.2, -0.15) is 5.53 Å². The second kappa shape index (κ2) is 15.6. The van der Waals surface area contributed by atoms with Gasteiger partial charge in [0.25, 0.3) is 5.91 Å². The van der Waals surface area contributed by atoms with E-state index in [4.69, 9.17) is 0 Å². The van der Waals surface area contributed by atoms with Gasteiger partial charge in [-0.05, 0) is 6.42 Å². The first-order valence-electron chi connectivity index (χ1n) is 10.8. The molecule has 25 heavy (non-hydrogen) atoms. The monoisotopic (exact) mass is 354 g/mol. The molecule has 0 aromatic carbocycles. The van der Waals surface area contributed by atoms with E-state index in [9.17, 15) is 10.0 Å². The third kappa shape index (κ3) is 11.6. The molecule has 0 bridgehead atoms. The van der Waals surface area contributed by atoms with Crippen LogP contribution >= 0.6 is 0 Å². The standard InChI is InChI=1S/C20H40N3O2/c1-2-3-4-5-6-7-8-9-10-11-12-13-14-15-16-17-18-19-20(24)21-22-23(19)25/h19,22H,2-18H2,1H3,(H,21,24)/q-1. The maximum absolute atomic E-state index is 11.4. The lowest BCUT2D eigenvalue weighted by Crippen LogP contribution is -2.34. The fourth-order valence-electron chi connectivity index (χ4n) is 3.51. The summed E-state index contributed by atoms with van der Waals surface area (Å²) in [6, 6.07) is -0.536. The largest absolute Gasteiger partial charge is 0.770 e. The van der Waals surface area contributed by atoms with Crippen molar-refractivity contribution < 1.29 is 4.79 Å². The molecule has 1 aliphatic rings. The maximum Gasteiger partial charge on any atom is 0.252 e. The molecule has 1 heterocycles. The molecule has 5 heteroatoms. The van der Waals surface area contributed by atoms with E-state index in [0.717, 1.165) is 12.8 Å². The van der Waals surface area contributed by atoms with Gasteiger partial charge in [-0.3, -0.25) is 15.4 Å². The number of hydrogen-bond donors (Lipinski definition) is 2. The van der Waals surface area contributed by atoms with Gasteiger partial charge >= 0.3 is 0 Å². The van der Waals surface area contributed by atoms with Crippen LogP contribution in [0.4, 0.5) is 0 Å². The van der Waals surface area contributed by atoms with Crippen molar-refractivity contribution in [3.8, 4) is 0 Å². The van der Waals surface area contributed by atoms with Crippen molar-refractivity contribution in [2.45, 2.75) is 122 Å². The smallest absolute Gasteiger partial charge is 0.252 e. The number of hydroxylamine groups is 1. The van der Waals surface area contributed by atoms with Crippen molar-refractivity contribution in [2.75, 3.05) is 0 Å². The molecular formula is C20H40N3O2-. The number of hydrogen-bond acceptors (Lipinski definition) is 4. The Morgan fingerprint density at radius 3 is 1.52 bits per heavy atom. The Morgan fingerprint density at radius 2 is 1.16 bits per heavy atom. The summed E-state index contributed by atoms with van der Waals surface area (Å²) >= 11 is 0. The van der Waals surface area contributed by atoms with Crippen LogP contribution in [-0.4, -0.2) is 17.1 Å². The molecule has 2 N–H and O–H groups in total. The highest BCUT2D eigenvalue weighted by Gasteiger charge is 2.25. The highest BCUT2D eigenvalue weighted by atomic mass is 16.6. The van der Waals surface area contributed by atoms with E-state index in [1.165, 1.54) is 89.9 Å². The summed E-state index contributed by atoms with van der Waals surface area (Å²) in [6.07, 6.45) is 22.0. The van der Waals surface area contributed by atoms with Gasteiger partial charge in [0.15, 0.2) is 0 Å². The minimum atomic E-state index is -0.536. The van der Waals surface area contributed by atoms with E-state index < -0.39 is 6.04 Å². The Balaban J connectivity index is 1.73. The predicted octanol–water partition coefficient (Wildman–Crippen LogP) is 5.36. The molecule has 0 radical (unpaired) electrons. The number of carbonyl (C=O) groups is 1. The average Bonchev–Trinajstić information content (AvgIpc) is 2.93. The fraction of sp³-hybridized carbons (Fsp3) is 0.950. The Bertz CT molecular complexity index is 326. The van der Waals surface area contributed by atoms with Gasteiger partial charge in [0.05, 0.1) is 6.04 Å². The molecule has 148 valence electrons. The van der Waals surface area contributed by atoms with Gasteiger partial charge in [-0.1, -0.05) is 110 Å². The molecule has 0 aromatic heterocycles. The Morgan fingerprint density at radius 1 is 0.760 bits per heavy atom. The van der Waals surface area contributed by atoms with Crippen molar-refractivity contribution in [1.82, 2.24) is 16.1 Å². The van der Waals surface area contributed by atoms with E-state index in [-0.39, 0.29) is 5.91 Å². The van der Waals surface area contributed by atoms with E-state index >= 15 is 0 Å². The number of nitrogens with zero attached hydrogens (tertiary/aromatic N) is 1.